The van der Waals surface area contributed by atoms with Crippen LogP contribution in [0.1, 0.15) is 18.4 Å². The summed E-state index contributed by atoms with van der Waals surface area (Å²) in [6.45, 7) is 8.06. The molecule has 84 valence electrons. The lowest BCUT2D eigenvalue weighted by Gasteiger charge is -2.17. The fourth-order valence-corrected chi connectivity index (χ4v) is 1.48. The Kier molecular flexibility index (Phi) is 5.15. The summed E-state index contributed by atoms with van der Waals surface area (Å²) in [6, 6.07) is 3.99. The van der Waals surface area contributed by atoms with Crippen molar-refractivity contribution in [3.8, 4) is 0 Å². The molecule has 0 aliphatic carbocycles. The average Bonchev–Trinajstić information content (AvgIpc) is 2.66. The number of furan rings is 1. The molecule has 0 saturated carbocycles. The first kappa shape index (κ1) is 12.0. The summed E-state index contributed by atoms with van der Waals surface area (Å²) < 4.78 is 5.60. The zero-order valence-corrected chi connectivity index (χ0v) is 9.28. The van der Waals surface area contributed by atoms with Gasteiger partial charge in [-0.25, -0.2) is 0 Å². The first-order chi connectivity index (χ1) is 7.30. The molecule has 0 aliphatic rings. The van der Waals surface area contributed by atoms with E-state index in [0.717, 1.165) is 31.0 Å². The van der Waals surface area contributed by atoms with Crippen LogP contribution in [0, 0.1) is 0 Å². The molecule has 3 heteroatoms. The van der Waals surface area contributed by atoms with Gasteiger partial charge in [0, 0.05) is 19.5 Å². The molecule has 0 unspecified atom stereocenters. The third kappa shape index (κ3) is 3.90. The van der Waals surface area contributed by atoms with Gasteiger partial charge in [-0.05, 0) is 12.1 Å². The molecule has 0 bridgehead atoms. The molecule has 0 aliphatic heterocycles. The van der Waals surface area contributed by atoms with Crippen LogP contribution in [0.3, 0.4) is 0 Å². The molecule has 3 nitrogen and oxygen atoms in total. The van der Waals surface area contributed by atoms with Gasteiger partial charge in [-0.2, -0.15) is 0 Å². The van der Waals surface area contributed by atoms with Gasteiger partial charge < -0.3 is 9.52 Å². The number of nitrogens with zero attached hydrogens (tertiary/aromatic N) is 1. The van der Waals surface area contributed by atoms with Gasteiger partial charge in [0.1, 0.15) is 11.5 Å². The smallest absolute Gasteiger partial charge is 0.118 e. The Morgan fingerprint density at radius 3 is 2.73 bits per heavy atom. The van der Waals surface area contributed by atoms with Gasteiger partial charge in [-0.15, -0.1) is 6.58 Å². The normalized spacial score (nSPS) is 10.9. The van der Waals surface area contributed by atoms with Crippen molar-refractivity contribution in [2.24, 2.45) is 0 Å². The number of hydrogen-bond donors (Lipinski definition) is 1. The van der Waals surface area contributed by atoms with E-state index in [4.69, 9.17) is 9.52 Å². The summed E-state index contributed by atoms with van der Waals surface area (Å²) in [6.07, 6.45) is 2.75. The van der Waals surface area contributed by atoms with Crippen LogP contribution >= 0.6 is 0 Å². The van der Waals surface area contributed by atoms with Gasteiger partial charge >= 0.3 is 0 Å². The predicted molar refractivity (Wildman–Crippen MR) is 60.6 cm³/mol. The fourth-order valence-electron chi connectivity index (χ4n) is 1.48. The molecule has 0 amide bonds. The molecular formula is C12H19NO2. The third-order valence-electron chi connectivity index (χ3n) is 2.25. The van der Waals surface area contributed by atoms with Gasteiger partial charge in [0.2, 0.25) is 0 Å². The minimum Gasteiger partial charge on any atom is -0.465 e. The first-order valence-electron chi connectivity index (χ1n) is 5.31. The van der Waals surface area contributed by atoms with Gasteiger partial charge in [0.15, 0.2) is 0 Å². The second kappa shape index (κ2) is 6.43. The molecule has 1 heterocycles. The maximum absolute atomic E-state index is 8.89. The summed E-state index contributed by atoms with van der Waals surface area (Å²) in [5, 5.41) is 8.89. The molecule has 1 aromatic rings. The summed E-state index contributed by atoms with van der Waals surface area (Å²) in [5.74, 6) is 1.95. The molecule has 0 atom stereocenters. The van der Waals surface area contributed by atoms with E-state index in [9.17, 15) is 0 Å². The third-order valence-corrected chi connectivity index (χ3v) is 2.25. The van der Waals surface area contributed by atoms with Crippen LogP contribution < -0.4 is 0 Å². The average molecular weight is 209 g/mol. The van der Waals surface area contributed by atoms with E-state index in [1.165, 1.54) is 0 Å². The minimum atomic E-state index is 0.162. The molecule has 1 aromatic heterocycles. The molecular weight excluding hydrogens is 190 g/mol. The highest BCUT2D eigenvalue weighted by Gasteiger charge is 2.06. The Morgan fingerprint density at radius 1 is 1.47 bits per heavy atom. The van der Waals surface area contributed by atoms with Crippen LogP contribution in [0.25, 0.3) is 0 Å². The van der Waals surface area contributed by atoms with Gasteiger partial charge in [0.25, 0.3) is 0 Å². The molecule has 1 rings (SSSR count). The number of aryl methyl sites for hydroxylation is 1. The quantitative estimate of drug-likeness (QED) is 0.696. The molecule has 0 fully saturated rings. The Balaban J connectivity index is 2.52. The fraction of sp³-hybridized carbons (Fsp3) is 0.500. The largest absolute Gasteiger partial charge is 0.465 e. The number of aliphatic hydroxyl groups is 1. The lowest BCUT2D eigenvalue weighted by atomic mass is 10.3. The number of aliphatic hydroxyl groups excluding tert-OH is 1. The minimum absolute atomic E-state index is 0.162. The SMILES string of the molecule is C=CCN(CCO)Cc1ccc(CC)o1. The van der Waals surface area contributed by atoms with Crippen LogP contribution in [0.5, 0.6) is 0 Å². The predicted octanol–water partition coefficient (Wildman–Crippen LogP) is 1.82. The summed E-state index contributed by atoms with van der Waals surface area (Å²) in [5.41, 5.74) is 0. The number of hydrogen-bond acceptors (Lipinski definition) is 3. The lowest BCUT2D eigenvalue weighted by molar-refractivity contribution is 0.193. The Bertz CT molecular complexity index is 294. The summed E-state index contributed by atoms with van der Waals surface area (Å²) in [7, 11) is 0. The standard InChI is InChI=1S/C12H19NO2/c1-3-7-13(8-9-14)10-12-6-5-11(4-2)15-12/h3,5-6,14H,1,4,7-10H2,2H3. The highest BCUT2D eigenvalue weighted by Crippen LogP contribution is 2.10. The maximum Gasteiger partial charge on any atom is 0.118 e. The highest BCUT2D eigenvalue weighted by atomic mass is 16.3. The van der Waals surface area contributed by atoms with E-state index in [2.05, 4.69) is 18.4 Å². The molecule has 0 saturated heterocycles. The summed E-state index contributed by atoms with van der Waals surface area (Å²) in [4.78, 5) is 2.09. The van der Waals surface area contributed by atoms with Crippen molar-refractivity contribution in [1.82, 2.24) is 4.90 Å². The van der Waals surface area contributed by atoms with Crippen molar-refractivity contribution >= 4 is 0 Å². The highest BCUT2D eigenvalue weighted by molar-refractivity contribution is 5.07. The van der Waals surface area contributed by atoms with E-state index in [1.807, 2.05) is 18.2 Å². The monoisotopic (exact) mass is 209 g/mol. The molecule has 15 heavy (non-hydrogen) atoms. The van der Waals surface area contributed by atoms with Crippen molar-refractivity contribution in [2.75, 3.05) is 19.7 Å². The van der Waals surface area contributed by atoms with E-state index < -0.39 is 0 Å². The van der Waals surface area contributed by atoms with Crippen molar-refractivity contribution in [2.45, 2.75) is 19.9 Å². The molecule has 0 radical (unpaired) electrons. The van der Waals surface area contributed by atoms with Crippen molar-refractivity contribution in [1.29, 1.82) is 0 Å². The second-order valence-electron chi connectivity index (χ2n) is 3.47. The van der Waals surface area contributed by atoms with Crippen LogP contribution in [0.2, 0.25) is 0 Å². The van der Waals surface area contributed by atoms with E-state index >= 15 is 0 Å². The van der Waals surface area contributed by atoms with Crippen LogP contribution in [-0.4, -0.2) is 29.7 Å². The van der Waals surface area contributed by atoms with E-state index in [0.29, 0.717) is 6.54 Å². The molecule has 1 N–H and O–H groups in total. The van der Waals surface area contributed by atoms with Crippen LogP contribution in [0.15, 0.2) is 29.2 Å². The number of rotatable bonds is 7. The van der Waals surface area contributed by atoms with Crippen LogP contribution in [-0.2, 0) is 13.0 Å². The van der Waals surface area contributed by atoms with Crippen LogP contribution in [0.4, 0.5) is 0 Å². The topological polar surface area (TPSA) is 36.6 Å². The summed E-state index contributed by atoms with van der Waals surface area (Å²) >= 11 is 0. The maximum atomic E-state index is 8.89. The van der Waals surface area contributed by atoms with Crippen molar-refractivity contribution < 1.29 is 9.52 Å². The zero-order chi connectivity index (χ0) is 11.1. The second-order valence-corrected chi connectivity index (χ2v) is 3.47. The first-order valence-corrected chi connectivity index (χ1v) is 5.31. The lowest BCUT2D eigenvalue weighted by Crippen LogP contribution is -2.26. The van der Waals surface area contributed by atoms with E-state index in [-0.39, 0.29) is 6.61 Å². The van der Waals surface area contributed by atoms with Gasteiger partial charge in [0.05, 0.1) is 13.2 Å². The van der Waals surface area contributed by atoms with Gasteiger partial charge in [-0.1, -0.05) is 13.0 Å². The molecule has 0 spiro atoms. The van der Waals surface area contributed by atoms with E-state index in [1.54, 1.807) is 0 Å². The zero-order valence-electron chi connectivity index (χ0n) is 9.28. The Morgan fingerprint density at radius 2 is 2.20 bits per heavy atom. The molecule has 0 aromatic carbocycles. The Hall–Kier alpha value is -1.06. The van der Waals surface area contributed by atoms with Crippen molar-refractivity contribution in [3.05, 3.63) is 36.3 Å². The van der Waals surface area contributed by atoms with Gasteiger partial charge in [-0.3, -0.25) is 4.90 Å². The van der Waals surface area contributed by atoms with Crippen molar-refractivity contribution in [3.63, 3.8) is 0 Å². The Labute approximate surface area is 91.0 Å².